The highest BCUT2D eigenvalue weighted by Gasteiger charge is 2.50. The van der Waals surface area contributed by atoms with Crippen LogP contribution in [0.25, 0.3) is 0 Å². The van der Waals surface area contributed by atoms with Crippen molar-refractivity contribution in [1.29, 1.82) is 0 Å². The number of hydrogen-bond donors (Lipinski definition) is 3. The van der Waals surface area contributed by atoms with Crippen LogP contribution in [-0.2, 0) is 32.2 Å². The minimum Gasteiger partial charge on any atom is -0.445 e. The predicted octanol–water partition coefficient (Wildman–Crippen LogP) is 2.73. The molecule has 44 heavy (non-hydrogen) atoms. The standard InChI is InChI=1S/C33H45N5O6/c1-4-18-44-33(42)34-16-8-11-28-31(40)36(17-19-43-23-27-14-12-24(2)13-15-27)22-29-37(25(3)20-30(39)38(28)29)32(41)35-21-26-9-6-5-7-10-26/h4-7,9-10,12-15,25,28-29,32,35,41H,1,8,11,16-23H2,2-3H3,(H,34,42)/t25?,28-,29+,32?/m0/s1. The molecule has 3 amide bonds. The zero-order valence-corrected chi connectivity index (χ0v) is 25.7. The minimum absolute atomic E-state index is 0.104. The lowest BCUT2D eigenvalue weighted by atomic mass is 9.97. The number of rotatable bonds is 15. The molecule has 0 radical (unpaired) electrons. The second-order valence-corrected chi connectivity index (χ2v) is 11.3. The summed E-state index contributed by atoms with van der Waals surface area (Å²) >= 11 is 0. The van der Waals surface area contributed by atoms with Gasteiger partial charge in [0.25, 0.3) is 0 Å². The Morgan fingerprint density at radius 3 is 2.61 bits per heavy atom. The van der Waals surface area contributed by atoms with Gasteiger partial charge in [0.15, 0.2) is 6.35 Å². The summed E-state index contributed by atoms with van der Waals surface area (Å²) < 4.78 is 10.9. The minimum atomic E-state index is -1.04. The first kappa shape index (κ1) is 33.1. The van der Waals surface area contributed by atoms with Crippen molar-refractivity contribution in [1.82, 2.24) is 25.3 Å². The molecule has 238 valence electrons. The van der Waals surface area contributed by atoms with E-state index in [0.29, 0.717) is 39.1 Å². The van der Waals surface area contributed by atoms with Gasteiger partial charge in [-0.05, 0) is 37.8 Å². The summed E-state index contributed by atoms with van der Waals surface area (Å²) in [5, 5.41) is 17.2. The van der Waals surface area contributed by atoms with Gasteiger partial charge in [-0.1, -0.05) is 72.8 Å². The summed E-state index contributed by atoms with van der Waals surface area (Å²) in [6.45, 7) is 9.66. The molecule has 2 aliphatic rings. The molecule has 0 aromatic heterocycles. The Kier molecular flexibility index (Phi) is 12.3. The number of carbonyl (C=O) groups excluding carboxylic acids is 3. The smallest absolute Gasteiger partial charge is 0.407 e. The van der Waals surface area contributed by atoms with Crippen molar-refractivity contribution in [3.8, 4) is 0 Å². The highest BCUT2D eigenvalue weighted by Crippen LogP contribution is 2.31. The summed E-state index contributed by atoms with van der Waals surface area (Å²) in [4.78, 5) is 44.4. The number of nitrogens with one attached hydrogen (secondary N) is 2. The van der Waals surface area contributed by atoms with Crippen molar-refractivity contribution in [3.63, 3.8) is 0 Å². The van der Waals surface area contributed by atoms with Gasteiger partial charge in [0.05, 0.1) is 19.8 Å². The first-order valence-corrected chi connectivity index (χ1v) is 15.3. The largest absolute Gasteiger partial charge is 0.445 e. The van der Waals surface area contributed by atoms with Crippen molar-refractivity contribution < 1.29 is 29.0 Å². The molecule has 0 spiro atoms. The molecule has 2 aromatic carbocycles. The van der Waals surface area contributed by atoms with Gasteiger partial charge in [-0.25, -0.2) is 9.69 Å². The van der Waals surface area contributed by atoms with Crippen LogP contribution in [0.15, 0.2) is 67.3 Å². The van der Waals surface area contributed by atoms with E-state index >= 15 is 0 Å². The Labute approximate surface area is 259 Å². The topological polar surface area (TPSA) is 124 Å². The summed E-state index contributed by atoms with van der Waals surface area (Å²) in [5.41, 5.74) is 3.25. The fourth-order valence-electron chi connectivity index (χ4n) is 5.75. The number of alkyl carbamates (subject to hydrolysis) is 1. The number of aryl methyl sites for hydroxylation is 1. The third kappa shape index (κ3) is 8.88. The van der Waals surface area contributed by atoms with Crippen LogP contribution in [0.2, 0.25) is 0 Å². The fraction of sp³-hybridized carbons (Fsp3) is 0.485. The van der Waals surface area contributed by atoms with Crippen molar-refractivity contribution in [2.24, 2.45) is 0 Å². The van der Waals surface area contributed by atoms with Gasteiger partial charge >= 0.3 is 6.09 Å². The first-order chi connectivity index (χ1) is 21.3. The normalized spacial score (nSPS) is 21.1. The summed E-state index contributed by atoms with van der Waals surface area (Å²) in [5.74, 6) is -0.287. The molecule has 0 aliphatic carbocycles. The van der Waals surface area contributed by atoms with Crippen LogP contribution >= 0.6 is 0 Å². The molecular weight excluding hydrogens is 562 g/mol. The first-order valence-electron chi connectivity index (χ1n) is 15.3. The average molecular weight is 608 g/mol. The van der Waals surface area contributed by atoms with Gasteiger partial charge in [-0.15, -0.1) is 0 Å². The summed E-state index contributed by atoms with van der Waals surface area (Å²) in [6.07, 6.45) is 0.326. The van der Waals surface area contributed by atoms with Gasteiger partial charge in [0.2, 0.25) is 11.8 Å². The highest BCUT2D eigenvalue weighted by molar-refractivity contribution is 5.90. The van der Waals surface area contributed by atoms with Crippen LogP contribution in [0.5, 0.6) is 0 Å². The molecule has 2 fully saturated rings. The molecule has 2 aromatic rings. The van der Waals surface area contributed by atoms with E-state index in [-0.39, 0.29) is 44.0 Å². The van der Waals surface area contributed by atoms with Gasteiger partial charge in [-0.3, -0.25) is 14.9 Å². The number of hydrogen-bond acceptors (Lipinski definition) is 8. The Morgan fingerprint density at radius 1 is 1.14 bits per heavy atom. The van der Waals surface area contributed by atoms with Gasteiger partial charge in [-0.2, -0.15) is 0 Å². The summed E-state index contributed by atoms with van der Waals surface area (Å²) in [7, 11) is 0. The Morgan fingerprint density at radius 2 is 1.89 bits per heavy atom. The van der Waals surface area contributed by atoms with E-state index in [1.165, 1.54) is 11.6 Å². The Bertz CT molecular complexity index is 1240. The van der Waals surface area contributed by atoms with Gasteiger partial charge in [0.1, 0.15) is 18.8 Å². The third-order valence-electron chi connectivity index (χ3n) is 8.01. The van der Waals surface area contributed by atoms with Crippen molar-refractivity contribution >= 4 is 17.9 Å². The number of ether oxygens (including phenoxy) is 2. The van der Waals surface area contributed by atoms with Crippen molar-refractivity contribution in [2.75, 3.05) is 32.8 Å². The number of benzene rings is 2. The van der Waals surface area contributed by atoms with E-state index in [1.54, 1.807) is 9.80 Å². The van der Waals surface area contributed by atoms with E-state index in [9.17, 15) is 19.5 Å². The molecule has 0 bridgehead atoms. The molecule has 2 aliphatic heterocycles. The molecule has 4 rings (SSSR count). The predicted molar refractivity (Wildman–Crippen MR) is 166 cm³/mol. The maximum atomic E-state index is 13.8. The Hall–Kier alpha value is -3.77. The van der Waals surface area contributed by atoms with E-state index < -0.39 is 24.7 Å². The van der Waals surface area contributed by atoms with Crippen molar-refractivity contribution in [3.05, 3.63) is 83.9 Å². The molecule has 2 unspecified atom stereocenters. The lowest BCUT2D eigenvalue weighted by molar-refractivity contribution is -0.193. The lowest BCUT2D eigenvalue weighted by Gasteiger charge is -2.55. The van der Waals surface area contributed by atoms with Crippen LogP contribution in [-0.4, -0.2) is 95.2 Å². The number of piperazine rings is 1. The van der Waals surface area contributed by atoms with Crippen LogP contribution in [0.4, 0.5) is 4.79 Å². The molecule has 0 saturated carbocycles. The molecule has 2 heterocycles. The second kappa shape index (κ2) is 16.3. The number of nitrogens with zero attached hydrogens (tertiary/aromatic N) is 3. The Balaban J connectivity index is 1.45. The zero-order valence-electron chi connectivity index (χ0n) is 25.7. The average Bonchev–Trinajstić information content (AvgIpc) is 3.01. The fourth-order valence-corrected chi connectivity index (χ4v) is 5.75. The maximum absolute atomic E-state index is 13.8. The molecule has 11 nitrogen and oxygen atoms in total. The van der Waals surface area contributed by atoms with E-state index in [4.69, 9.17) is 9.47 Å². The van der Waals surface area contributed by atoms with Crippen LogP contribution in [0.3, 0.4) is 0 Å². The van der Waals surface area contributed by atoms with E-state index in [0.717, 1.165) is 11.1 Å². The SMILES string of the molecule is C=CCOC(=O)NCCC[C@H]1C(=O)N(CCOCc2ccc(C)cc2)C[C@@H]2N(C(O)NCc3ccccc3)C(C)CC(=O)N21. The third-order valence-corrected chi connectivity index (χ3v) is 8.01. The van der Waals surface area contributed by atoms with Crippen LogP contribution in [0.1, 0.15) is 42.9 Å². The lowest BCUT2D eigenvalue weighted by Crippen LogP contribution is -2.74. The van der Waals surface area contributed by atoms with Gasteiger partial charge in [0, 0.05) is 32.1 Å². The number of aliphatic hydroxyl groups excluding tert-OH is 1. The molecular formula is C33H45N5O6. The summed E-state index contributed by atoms with van der Waals surface area (Å²) in [6, 6.07) is 16.9. The van der Waals surface area contributed by atoms with E-state index in [1.807, 2.05) is 73.3 Å². The van der Waals surface area contributed by atoms with Crippen LogP contribution < -0.4 is 10.6 Å². The zero-order chi connectivity index (χ0) is 31.5. The number of carbonyl (C=O) groups is 3. The molecule has 2 saturated heterocycles. The number of fused-ring (bicyclic) bond motifs is 1. The molecule has 4 atom stereocenters. The quantitative estimate of drug-likeness (QED) is 0.161. The second-order valence-electron chi connectivity index (χ2n) is 11.3. The number of aliphatic hydroxyl groups is 1. The van der Waals surface area contributed by atoms with Gasteiger partial charge < -0.3 is 29.7 Å². The van der Waals surface area contributed by atoms with E-state index in [2.05, 4.69) is 17.2 Å². The molecule has 11 heteroatoms. The molecule has 3 N–H and O–H groups in total. The van der Waals surface area contributed by atoms with Crippen molar-refractivity contribution in [2.45, 2.75) is 70.9 Å². The highest BCUT2D eigenvalue weighted by atomic mass is 16.5. The number of amides is 3. The monoisotopic (exact) mass is 607 g/mol. The maximum Gasteiger partial charge on any atom is 0.407 e. The van der Waals surface area contributed by atoms with Crippen LogP contribution in [0, 0.1) is 6.92 Å².